The van der Waals surface area contributed by atoms with E-state index in [4.69, 9.17) is 11.6 Å². The molecule has 2 N–H and O–H groups in total. The summed E-state index contributed by atoms with van der Waals surface area (Å²) in [4.78, 5) is 4.70. The number of aliphatic hydroxyl groups excluding tert-OH is 1. The summed E-state index contributed by atoms with van der Waals surface area (Å²) in [5, 5.41) is 14.3. The van der Waals surface area contributed by atoms with Gasteiger partial charge in [0, 0.05) is 26.2 Å². The van der Waals surface area contributed by atoms with Gasteiger partial charge in [-0.1, -0.05) is 72.3 Å². The number of benzene rings is 2. The third-order valence-corrected chi connectivity index (χ3v) is 5.52. The molecular weight excluding hydrogens is 360 g/mol. The number of piperazine rings is 1. The average molecular weight is 383 g/mol. The number of nitrogens with one attached hydrogen (secondary N) is 1. The molecule has 27 heavy (non-hydrogen) atoms. The SMILES string of the molecule is OC1NN=CC(N2CCN(C(c3ccccc3)c3ccccc3)CC2)=C1Cl. The van der Waals surface area contributed by atoms with E-state index >= 15 is 0 Å². The molecule has 1 unspecified atom stereocenters. The molecule has 1 atom stereocenters. The van der Waals surface area contributed by atoms with Gasteiger partial charge < -0.3 is 10.0 Å². The second kappa shape index (κ2) is 8.13. The smallest absolute Gasteiger partial charge is 0.178 e. The van der Waals surface area contributed by atoms with Gasteiger partial charge >= 0.3 is 0 Å². The number of hydrazone groups is 1. The van der Waals surface area contributed by atoms with Crippen LogP contribution < -0.4 is 5.43 Å². The molecule has 2 aliphatic rings. The molecule has 0 aromatic heterocycles. The van der Waals surface area contributed by atoms with Crippen LogP contribution >= 0.6 is 11.6 Å². The Hall–Kier alpha value is -2.34. The van der Waals surface area contributed by atoms with E-state index < -0.39 is 6.23 Å². The standard InChI is InChI=1S/C21H23ClN4O/c22-19-18(15-23-24-21(19)27)25-11-13-26(14-12-25)20(16-7-3-1-4-8-16)17-9-5-2-6-10-17/h1-10,15,20-21,24,27H,11-14H2. The predicted molar refractivity (Wildman–Crippen MR) is 108 cm³/mol. The Kier molecular flexibility index (Phi) is 5.43. The van der Waals surface area contributed by atoms with E-state index in [0.29, 0.717) is 5.03 Å². The van der Waals surface area contributed by atoms with Gasteiger partial charge in [-0.2, -0.15) is 5.10 Å². The number of hydrogen-bond acceptors (Lipinski definition) is 5. The second-order valence-electron chi connectivity index (χ2n) is 6.77. The summed E-state index contributed by atoms with van der Waals surface area (Å²) in [5.41, 5.74) is 5.97. The quantitative estimate of drug-likeness (QED) is 0.853. The highest BCUT2D eigenvalue weighted by molar-refractivity contribution is 6.31. The first-order valence-electron chi connectivity index (χ1n) is 9.19. The van der Waals surface area contributed by atoms with Gasteiger partial charge in [0.05, 0.1) is 23.0 Å². The first-order chi connectivity index (χ1) is 13.2. The van der Waals surface area contributed by atoms with Crippen molar-refractivity contribution >= 4 is 17.8 Å². The summed E-state index contributed by atoms with van der Waals surface area (Å²) in [6.07, 6.45) is 0.766. The molecule has 0 aliphatic carbocycles. The van der Waals surface area contributed by atoms with Crippen molar-refractivity contribution in [3.05, 3.63) is 82.5 Å². The fourth-order valence-corrected chi connectivity index (χ4v) is 3.98. The maximum absolute atomic E-state index is 9.86. The van der Waals surface area contributed by atoms with E-state index in [-0.39, 0.29) is 6.04 Å². The number of allylic oxidation sites excluding steroid dienone is 1. The summed E-state index contributed by atoms with van der Waals surface area (Å²) in [5.74, 6) is 0. The normalized spacial score (nSPS) is 20.9. The molecule has 2 heterocycles. The molecule has 2 aromatic rings. The first kappa shape index (κ1) is 18.0. The molecule has 0 bridgehead atoms. The molecule has 1 saturated heterocycles. The molecule has 140 valence electrons. The van der Waals surface area contributed by atoms with Gasteiger partial charge in [-0.25, -0.2) is 0 Å². The zero-order valence-electron chi connectivity index (χ0n) is 15.0. The van der Waals surface area contributed by atoms with Gasteiger partial charge in [0.2, 0.25) is 0 Å². The Bertz CT molecular complexity index is 777. The predicted octanol–water partition coefficient (Wildman–Crippen LogP) is 2.75. The number of hydrogen-bond donors (Lipinski definition) is 2. The molecule has 0 radical (unpaired) electrons. The number of halogens is 1. The third kappa shape index (κ3) is 3.86. The lowest BCUT2D eigenvalue weighted by Gasteiger charge is -2.41. The van der Waals surface area contributed by atoms with Crippen LogP contribution in [0.25, 0.3) is 0 Å². The Morgan fingerprint density at radius 3 is 2.04 bits per heavy atom. The van der Waals surface area contributed by atoms with Crippen molar-refractivity contribution in [2.24, 2.45) is 5.10 Å². The number of nitrogens with zero attached hydrogens (tertiary/aromatic N) is 3. The van der Waals surface area contributed by atoms with E-state index in [1.807, 2.05) is 0 Å². The van der Waals surface area contributed by atoms with Gasteiger partial charge in [0.15, 0.2) is 6.23 Å². The highest BCUT2D eigenvalue weighted by Gasteiger charge is 2.29. The van der Waals surface area contributed by atoms with Crippen LogP contribution in [-0.4, -0.2) is 53.5 Å². The van der Waals surface area contributed by atoms with E-state index in [2.05, 4.69) is 81.0 Å². The van der Waals surface area contributed by atoms with Crippen molar-refractivity contribution in [1.82, 2.24) is 15.2 Å². The minimum absolute atomic E-state index is 0.228. The fraction of sp³-hybridized carbons (Fsp3) is 0.286. The lowest BCUT2D eigenvalue weighted by Crippen LogP contribution is -2.48. The highest BCUT2D eigenvalue weighted by Crippen LogP contribution is 2.30. The van der Waals surface area contributed by atoms with Crippen molar-refractivity contribution in [3.63, 3.8) is 0 Å². The van der Waals surface area contributed by atoms with Crippen molar-refractivity contribution < 1.29 is 5.11 Å². The highest BCUT2D eigenvalue weighted by atomic mass is 35.5. The molecular formula is C21H23ClN4O. The number of rotatable bonds is 4. The summed E-state index contributed by atoms with van der Waals surface area (Å²) in [7, 11) is 0. The maximum Gasteiger partial charge on any atom is 0.178 e. The van der Waals surface area contributed by atoms with E-state index in [0.717, 1.165) is 31.9 Å². The van der Waals surface area contributed by atoms with Crippen LogP contribution in [0.3, 0.4) is 0 Å². The maximum atomic E-state index is 9.86. The van der Waals surface area contributed by atoms with Crippen LogP contribution in [0, 0.1) is 0 Å². The van der Waals surface area contributed by atoms with Crippen molar-refractivity contribution in [1.29, 1.82) is 0 Å². The molecule has 4 rings (SSSR count). The lowest BCUT2D eigenvalue weighted by molar-refractivity contribution is 0.129. The van der Waals surface area contributed by atoms with E-state index in [1.165, 1.54) is 11.1 Å². The van der Waals surface area contributed by atoms with Crippen LogP contribution in [-0.2, 0) is 0 Å². The Morgan fingerprint density at radius 2 is 1.48 bits per heavy atom. The monoisotopic (exact) mass is 382 g/mol. The minimum atomic E-state index is -0.925. The van der Waals surface area contributed by atoms with Crippen molar-refractivity contribution in [2.75, 3.05) is 26.2 Å². The van der Waals surface area contributed by atoms with Gasteiger partial charge in [0.25, 0.3) is 0 Å². The summed E-state index contributed by atoms with van der Waals surface area (Å²) >= 11 is 6.28. The second-order valence-corrected chi connectivity index (χ2v) is 7.18. The summed E-state index contributed by atoms with van der Waals surface area (Å²) in [6, 6.07) is 21.5. The van der Waals surface area contributed by atoms with Gasteiger partial charge in [0.1, 0.15) is 0 Å². The van der Waals surface area contributed by atoms with Crippen LogP contribution in [0.1, 0.15) is 17.2 Å². The Morgan fingerprint density at radius 1 is 0.926 bits per heavy atom. The topological polar surface area (TPSA) is 51.1 Å². The fourth-order valence-electron chi connectivity index (χ4n) is 3.77. The first-order valence-corrected chi connectivity index (χ1v) is 9.57. The van der Waals surface area contributed by atoms with Crippen molar-refractivity contribution in [3.8, 4) is 0 Å². The zero-order chi connectivity index (χ0) is 18.6. The third-order valence-electron chi connectivity index (χ3n) is 5.12. The largest absolute Gasteiger partial charge is 0.367 e. The molecule has 0 amide bonds. The minimum Gasteiger partial charge on any atom is -0.367 e. The average Bonchev–Trinajstić information content (AvgIpc) is 2.73. The van der Waals surface area contributed by atoms with E-state index in [9.17, 15) is 5.11 Å². The van der Waals surface area contributed by atoms with E-state index in [1.54, 1.807) is 6.21 Å². The Balaban J connectivity index is 1.54. The molecule has 6 heteroatoms. The van der Waals surface area contributed by atoms with Crippen LogP contribution in [0.5, 0.6) is 0 Å². The van der Waals surface area contributed by atoms with Crippen LogP contribution in [0.15, 0.2) is 76.5 Å². The number of aliphatic hydroxyl groups is 1. The lowest BCUT2D eigenvalue weighted by atomic mass is 9.96. The molecule has 2 aliphatic heterocycles. The summed E-state index contributed by atoms with van der Waals surface area (Å²) in [6.45, 7) is 3.47. The molecule has 0 spiro atoms. The van der Waals surface area contributed by atoms with Gasteiger partial charge in [-0.05, 0) is 11.1 Å². The molecule has 0 saturated carbocycles. The van der Waals surface area contributed by atoms with Crippen LogP contribution in [0.2, 0.25) is 0 Å². The molecule has 2 aromatic carbocycles. The van der Waals surface area contributed by atoms with Gasteiger partial charge in [-0.15, -0.1) is 0 Å². The Labute approximate surface area is 164 Å². The zero-order valence-corrected chi connectivity index (χ0v) is 15.8. The molecule has 5 nitrogen and oxygen atoms in total. The molecule has 1 fully saturated rings. The van der Waals surface area contributed by atoms with Gasteiger partial charge in [-0.3, -0.25) is 10.3 Å². The van der Waals surface area contributed by atoms with Crippen molar-refractivity contribution in [2.45, 2.75) is 12.3 Å². The summed E-state index contributed by atoms with van der Waals surface area (Å²) < 4.78 is 0. The van der Waals surface area contributed by atoms with Crippen LogP contribution in [0.4, 0.5) is 0 Å².